The summed E-state index contributed by atoms with van der Waals surface area (Å²) in [4.78, 5) is 44.0. The second-order valence-electron chi connectivity index (χ2n) is 10.0. The van der Waals surface area contributed by atoms with Crippen LogP contribution in [-0.2, 0) is 16.7 Å². The van der Waals surface area contributed by atoms with Crippen molar-refractivity contribution in [2.75, 3.05) is 26.8 Å². The van der Waals surface area contributed by atoms with E-state index in [0.29, 0.717) is 46.7 Å². The number of fused-ring (bicyclic) bond motifs is 2. The maximum Gasteiger partial charge on any atom is 0.394 e. The first kappa shape index (κ1) is 29.8. The van der Waals surface area contributed by atoms with Gasteiger partial charge < -0.3 is 24.1 Å². The Morgan fingerprint density at radius 2 is 1.85 bits per heavy atom. The minimum atomic E-state index is -0.665. The van der Waals surface area contributed by atoms with Gasteiger partial charge in [-0.2, -0.15) is 0 Å². The van der Waals surface area contributed by atoms with E-state index in [-0.39, 0.29) is 53.5 Å². The Bertz CT molecular complexity index is 1460. The molecule has 1 amide bonds. The highest BCUT2D eigenvalue weighted by Crippen LogP contribution is 2.34. The Balaban J connectivity index is 0.00000420. The Morgan fingerprint density at radius 1 is 1.13 bits per heavy atom. The van der Waals surface area contributed by atoms with Crippen molar-refractivity contribution in [1.29, 1.82) is 5.41 Å². The second-order valence-corrected chi connectivity index (χ2v) is 10.0. The summed E-state index contributed by atoms with van der Waals surface area (Å²) in [6.07, 6.45) is 0. The van der Waals surface area contributed by atoms with E-state index in [4.69, 9.17) is 19.3 Å². The smallest absolute Gasteiger partial charge is 0.394 e. The van der Waals surface area contributed by atoms with E-state index in [1.807, 2.05) is 27.7 Å². The van der Waals surface area contributed by atoms with Gasteiger partial charge in [-0.15, -0.1) is 17.0 Å². The van der Waals surface area contributed by atoms with Crippen LogP contribution < -0.4 is 10.1 Å². The number of nitrogens with zero attached hydrogens (tertiary/aromatic N) is 2. The van der Waals surface area contributed by atoms with Gasteiger partial charge in [0.05, 0.1) is 25.3 Å². The molecule has 0 spiro atoms. The number of carbonyl (C=O) groups is 3. The van der Waals surface area contributed by atoms with E-state index in [2.05, 4.69) is 10.3 Å². The number of esters is 1. The van der Waals surface area contributed by atoms with E-state index in [0.717, 1.165) is 11.1 Å². The molecule has 0 saturated heterocycles. The van der Waals surface area contributed by atoms with Gasteiger partial charge >= 0.3 is 11.9 Å². The Labute approximate surface area is 237 Å². The van der Waals surface area contributed by atoms with Gasteiger partial charge in [0, 0.05) is 30.3 Å². The van der Waals surface area contributed by atoms with Crippen molar-refractivity contribution in [3.05, 3.63) is 58.0 Å². The molecule has 2 N–H and O–H groups in total. The molecular weight excluding hydrogens is 568 g/mol. The summed E-state index contributed by atoms with van der Waals surface area (Å²) in [5.41, 5.74) is 3.29. The van der Waals surface area contributed by atoms with E-state index in [9.17, 15) is 14.4 Å². The maximum atomic E-state index is 13.5. The lowest BCUT2D eigenvalue weighted by atomic mass is 9.85. The van der Waals surface area contributed by atoms with Crippen LogP contribution >= 0.6 is 17.0 Å². The number of halogens is 1. The van der Waals surface area contributed by atoms with Crippen molar-refractivity contribution < 1.29 is 28.3 Å². The molecule has 0 fully saturated rings. The molecule has 0 atom stereocenters. The van der Waals surface area contributed by atoms with Crippen LogP contribution in [0.25, 0.3) is 11.1 Å². The molecule has 0 unspecified atom stereocenters. The zero-order chi connectivity index (χ0) is 27.8. The van der Waals surface area contributed by atoms with Crippen LogP contribution in [0.5, 0.6) is 5.75 Å². The molecule has 2 aromatic carbocycles. The van der Waals surface area contributed by atoms with Crippen LogP contribution in [0, 0.1) is 5.41 Å². The van der Waals surface area contributed by atoms with Gasteiger partial charge in [0.25, 0.3) is 5.91 Å². The van der Waals surface area contributed by atoms with Gasteiger partial charge in [-0.3, -0.25) is 15.0 Å². The van der Waals surface area contributed by atoms with Gasteiger partial charge in [-0.05, 0) is 49.1 Å². The van der Waals surface area contributed by atoms with Crippen LogP contribution in [0.2, 0.25) is 0 Å². The third-order valence-corrected chi connectivity index (χ3v) is 6.31. The number of amides is 1. The van der Waals surface area contributed by atoms with Gasteiger partial charge in [0.1, 0.15) is 17.1 Å². The minimum Gasteiger partial charge on any atom is -0.493 e. The molecule has 0 bridgehead atoms. The van der Waals surface area contributed by atoms with Crippen molar-refractivity contribution >= 4 is 51.6 Å². The predicted molar refractivity (Wildman–Crippen MR) is 152 cm³/mol. The number of amidine groups is 1. The number of nitrogens with one attached hydrogen (secondary N) is 2. The molecule has 1 aliphatic rings. The maximum absolute atomic E-state index is 13.5. The molecule has 208 valence electrons. The van der Waals surface area contributed by atoms with Crippen LogP contribution in [0.4, 0.5) is 0 Å². The van der Waals surface area contributed by atoms with Crippen molar-refractivity contribution in [2.45, 2.75) is 46.6 Å². The van der Waals surface area contributed by atoms with Crippen molar-refractivity contribution in [2.24, 2.45) is 0 Å². The Hall–Kier alpha value is -3.73. The number of ketones is 1. The monoisotopic (exact) mass is 600 g/mol. The number of Topliss-reactive ketones (excluding diaryl/α,β-unsaturated/α-hetero) is 1. The molecule has 3 aromatic rings. The number of ether oxygens (including phenoxy) is 2. The lowest BCUT2D eigenvalue weighted by Gasteiger charge is -2.21. The summed E-state index contributed by atoms with van der Waals surface area (Å²) in [6, 6.07) is 6.76. The van der Waals surface area contributed by atoms with Crippen LogP contribution in [0.1, 0.15) is 82.7 Å². The highest BCUT2D eigenvalue weighted by Gasteiger charge is 2.31. The first-order chi connectivity index (χ1) is 18.0. The zero-order valence-corrected chi connectivity index (χ0v) is 24.6. The lowest BCUT2D eigenvalue weighted by Crippen LogP contribution is -2.30. The van der Waals surface area contributed by atoms with Crippen LogP contribution in [0.15, 0.2) is 28.7 Å². The molecule has 0 radical (unpaired) electrons. The number of oxazole rings is 1. The van der Waals surface area contributed by atoms with E-state index in [1.54, 1.807) is 36.1 Å². The molecule has 4 rings (SSSR count). The summed E-state index contributed by atoms with van der Waals surface area (Å²) in [6.45, 7) is 10.3. The number of benzene rings is 2. The third kappa shape index (κ3) is 5.83. The third-order valence-electron chi connectivity index (χ3n) is 6.31. The van der Waals surface area contributed by atoms with E-state index < -0.39 is 11.4 Å². The van der Waals surface area contributed by atoms with Crippen molar-refractivity contribution in [3.8, 4) is 5.75 Å². The van der Waals surface area contributed by atoms with Crippen molar-refractivity contribution in [1.82, 2.24) is 15.2 Å². The molecule has 10 nitrogen and oxygen atoms in total. The largest absolute Gasteiger partial charge is 0.493 e. The summed E-state index contributed by atoms with van der Waals surface area (Å²) >= 11 is 0. The fourth-order valence-electron chi connectivity index (χ4n) is 4.45. The quantitative estimate of drug-likeness (QED) is 0.281. The topological polar surface area (TPSA) is 135 Å². The summed E-state index contributed by atoms with van der Waals surface area (Å²) in [5.74, 6) is -0.753. The number of hydrogen-bond acceptors (Lipinski definition) is 8. The van der Waals surface area contributed by atoms with E-state index >= 15 is 0 Å². The highest BCUT2D eigenvalue weighted by molar-refractivity contribution is 8.93. The fraction of sp³-hybridized carbons (Fsp3) is 0.393. The number of hydrogen-bond donors (Lipinski definition) is 2. The van der Waals surface area contributed by atoms with Gasteiger partial charge in [-0.25, -0.2) is 9.78 Å². The molecule has 0 aliphatic carbocycles. The molecule has 1 aliphatic heterocycles. The van der Waals surface area contributed by atoms with Crippen LogP contribution in [0.3, 0.4) is 0 Å². The number of aromatic nitrogens is 1. The first-order valence-electron chi connectivity index (χ1n) is 12.5. The Kier molecular flexibility index (Phi) is 8.84. The summed E-state index contributed by atoms with van der Waals surface area (Å²) in [5, 5.41) is 11.3. The Morgan fingerprint density at radius 3 is 2.46 bits per heavy atom. The molecular formula is C28H33BrN4O6. The number of carbonyl (C=O) groups excluding carboxylic acids is 3. The molecule has 39 heavy (non-hydrogen) atoms. The standard InChI is InChI=1S/C28H32N4O6.BrH/c1-7-36-22-11-16-13-32(24(29)17(16)12-18(22)25(34)30-6)14-21(33)15-9-19(28(3,4)5)23-20(10-15)31-26(38-23)27(35)37-8-2;/h9-12,29H,7-8,13-14H2,1-6H3,(H,30,34);1H. The number of rotatable bonds is 8. The van der Waals surface area contributed by atoms with Crippen molar-refractivity contribution in [3.63, 3.8) is 0 Å². The fourth-order valence-corrected chi connectivity index (χ4v) is 4.45. The van der Waals surface area contributed by atoms with Gasteiger partial charge in [0.15, 0.2) is 11.4 Å². The predicted octanol–water partition coefficient (Wildman–Crippen LogP) is 4.66. The second kappa shape index (κ2) is 11.6. The first-order valence-corrected chi connectivity index (χ1v) is 12.5. The molecule has 11 heteroatoms. The zero-order valence-electron chi connectivity index (χ0n) is 22.9. The average molecular weight is 601 g/mol. The van der Waals surface area contributed by atoms with E-state index in [1.165, 1.54) is 7.05 Å². The summed E-state index contributed by atoms with van der Waals surface area (Å²) < 4.78 is 16.4. The SMILES string of the molecule is Br.CCOC(=O)c1nc2cc(C(=O)CN3Cc4cc(OCC)c(C(=O)NC)cc4C3=N)cc(C(C)(C)C)c2o1. The van der Waals surface area contributed by atoms with Crippen LogP contribution in [-0.4, -0.2) is 60.2 Å². The van der Waals surface area contributed by atoms with Gasteiger partial charge in [0.2, 0.25) is 0 Å². The molecule has 0 saturated carbocycles. The van der Waals surface area contributed by atoms with Gasteiger partial charge in [-0.1, -0.05) is 20.8 Å². The highest BCUT2D eigenvalue weighted by atomic mass is 79.9. The minimum absolute atomic E-state index is 0. The summed E-state index contributed by atoms with van der Waals surface area (Å²) in [7, 11) is 1.54. The molecule has 1 aromatic heterocycles. The normalized spacial score (nSPS) is 12.7. The lowest BCUT2D eigenvalue weighted by molar-refractivity contribution is 0.0483. The average Bonchev–Trinajstić information content (AvgIpc) is 3.43. The molecule has 2 heterocycles.